The van der Waals surface area contributed by atoms with Crippen molar-refractivity contribution in [2.24, 2.45) is 22.4 Å². The number of carbonyl (C=O) groups is 1. The molecule has 2 aromatic rings. The Morgan fingerprint density at radius 2 is 1.75 bits per heavy atom. The maximum absolute atomic E-state index is 13.0. The lowest BCUT2D eigenvalue weighted by Crippen LogP contribution is -2.55. The van der Waals surface area contributed by atoms with Crippen molar-refractivity contribution in [3.05, 3.63) is 65.7 Å². The number of hydrogen-bond acceptors (Lipinski definition) is 5. The summed E-state index contributed by atoms with van der Waals surface area (Å²) in [4.78, 5) is 20.0. The van der Waals surface area contributed by atoms with E-state index >= 15 is 0 Å². The molecule has 4 N–H and O–H groups in total. The van der Waals surface area contributed by atoms with Gasteiger partial charge < -0.3 is 16.4 Å². The topological polar surface area (TPSA) is 84.7 Å². The molecule has 4 atom stereocenters. The van der Waals surface area contributed by atoms with E-state index in [0.717, 1.165) is 35.5 Å². The molecule has 5 nitrogen and oxygen atoms in total. The zero-order chi connectivity index (χ0) is 20.3. The molecule has 4 unspecified atom stereocenters. The van der Waals surface area contributed by atoms with Crippen LogP contribution in [-0.4, -0.2) is 36.3 Å². The molecule has 2 aromatic carbocycles. The Morgan fingerprint density at radius 3 is 2.39 bits per heavy atom. The number of ketones is 1. The summed E-state index contributed by atoms with van der Waals surface area (Å²) in [6.45, 7) is 6.82. The van der Waals surface area contributed by atoms with E-state index in [0.29, 0.717) is 5.92 Å². The van der Waals surface area contributed by atoms with Crippen LogP contribution < -0.4 is 16.4 Å². The lowest BCUT2D eigenvalue weighted by Gasteiger charge is -2.35. The smallest absolute Gasteiger partial charge is 0.177 e. The van der Waals surface area contributed by atoms with E-state index < -0.39 is 18.2 Å². The molecule has 0 fully saturated rings. The van der Waals surface area contributed by atoms with Crippen LogP contribution >= 0.6 is 0 Å². The van der Waals surface area contributed by atoms with Gasteiger partial charge >= 0.3 is 0 Å². The Bertz CT molecular complexity index is 847. The number of benzene rings is 2. The molecule has 0 radical (unpaired) electrons. The second kappa shape index (κ2) is 8.67. The molecular formula is C23H30N4O. The SMILES string of the molecule is CCC(C)CN1c2ccccc2C(c2ccccc2)=NC(C(=O)C(C)N)C1N. The normalized spacial score (nSPS) is 21.3. The van der Waals surface area contributed by atoms with E-state index in [1.807, 2.05) is 42.5 Å². The summed E-state index contributed by atoms with van der Waals surface area (Å²) in [5.74, 6) is 0.298. The highest BCUT2D eigenvalue weighted by molar-refractivity contribution is 6.17. The van der Waals surface area contributed by atoms with Gasteiger partial charge in [-0.1, -0.05) is 68.8 Å². The van der Waals surface area contributed by atoms with Gasteiger partial charge in [0.05, 0.1) is 11.8 Å². The molecule has 5 heteroatoms. The summed E-state index contributed by atoms with van der Waals surface area (Å²) in [7, 11) is 0. The van der Waals surface area contributed by atoms with E-state index in [4.69, 9.17) is 16.5 Å². The van der Waals surface area contributed by atoms with Crippen LogP contribution in [0.5, 0.6) is 0 Å². The van der Waals surface area contributed by atoms with Gasteiger partial charge in [0.15, 0.2) is 5.78 Å². The minimum Gasteiger partial charge on any atom is -0.353 e. The second-order valence-corrected chi connectivity index (χ2v) is 7.65. The van der Waals surface area contributed by atoms with Crippen LogP contribution in [0.25, 0.3) is 0 Å². The third-order valence-corrected chi connectivity index (χ3v) is 5.41. The van der Waals surface area contributed by atoms with Crippen LogP contribution in [0.4, 0.5) is 5.69 Å². The van der Waals surface area contributed by atoms with Gasteiger partial charge in [-0.2, -0.15) is 0 Å². The Hall–Kier alpha value is -2.50. The number of aliphatic imine (C=N–C) groups is 1. The van der Waals surface area contributed by atoms with Gasteiger partial charge in [0.25, 0.3) is 0 Å². The lowest BCUT2D eigenvalue weighted by atomic mass is 9.99. The molecule has 1 heterocycles. The fraction of sp³-hybridized carbons (Fsp3) is 0.391. The van der Waals surface area contributed by atoms with Crippen LogP contribution in [0, 0.1) is 5.92 Å². The third kappa shape index (κ3) is 4.01. The van der Waals surface area contributed by atoms with E-state index in [2.05, 4.69) is 30.9 Å². The number of hydrogen-bond donors (Lipinski definition) is 2. The van der Waals surface area contributed by atoms with E-state index in [1.54, 1.807) is 6.92 Å². The minimum atomic E-state index is -0.716. The minimum absolute atomic E-state index is 0.136. The first-order valence-corrected chi connectivity index (χ1v) is 9.98. The largest absolute Gasteiger partial charge is 0.353 e. The Kier molecular flexibility index (Phi) is 6.27. The second-order valence-electron chi connectivity index (χ2n) is 7.65. The fourth-order valence-electron chi connectivity index (χ4n) is 3.55. The van der Waals surface area contributed by atoms with Gasteiger partial charge in [0.2, 0.25) is 0 Å². The van der Waals surface area contributed by atoms with Crippen molar-refractivity contribution < 1.29 is 4.79 Å². The average molecular weight is 379 g/mol. The molecule has 0 aliphatic carbocycles. The molecule has 1 aliphatic heterocycles. The fourth-order valence-corrected chi connectivity index (χ4v) is 3.55. The standard InChI is InChI=1S/C23H30N4O/c1-4-15(2)14-27-19-13-9-8-12-18(19)20(17-10-6-5-7-11-17)26-21(23(27)25)22(28)16(3)24/h5-13,15-16,21,23H,4,14,24-25H2,1-3H3. The number of fused-ring (bicyclic) bond motifs is 1. The number of carbonyl (C=O) groups excluding carboxylic acids is 1. The van der Waals surface area contributed by atoms with E-state index in [9.17, 15) is 4.79 Å². The first kappa shape index (κ1) is 20.2. The first-order valence-electron chi connectivity index (χ1n) is 9.98. The summed E-state index contributed by atoms with van der Waals surface area (Å²) < 4.78 is 0. The van der Waals surface area contributed by atoms with Gasteiger partial charge in [0.1, 0.15) is 12.2 Å². The van der Waals surface area contributed by atoms with Crippen LogP contribution in [0.2, 0.25) is 0 Å². The summed E-state index contributed by atoms with van der Waals surface area (Å²) >= 11 is 0. The maximum atomic E-state index is 13.0. The Morgan fingerprint density at radius 1 is 1.11 bits per heavy atom. The molecular weight excluding hydrogens is 348 g/mol. The molecule has 0 bridgehead atoms. The highest BCUT2D eigenvalue weighted by Crippen LogP contribution is 2.31. The van der Waals surface area contributed by atoms with Gasteiger partial charge in [-0.15, -0.1) is 0 Å². The van der Waals surface area contributed by atoms with Crippen molar-refractivity contribution in [3.63, 3.8) is 0 Å². The Labute approximate surface area is 167 Å². The number of benzodiazepines with no additional fused rings is 1. The van der Waals surface area contributed by atoms with Crippen molar-refractivity contribution in [1.82, 2.24) is 0 Å². The zero-order valence-corrected chi connectivity index (χ0v) is 16.9. The highest BCUT2D eigenvalue weighted by atomic mass is 16.1. The summed E-state index contributed by atoms with van der Waals surface area (Å²) in [5.41, 5.74) is 16.4. The molecule has 148 valence electrons. The highest BCUT2D eigenvalue weighted by Gasteiger charge is 2.36. The number of para-hydroxylation sites is 1. The number of rotatable bonds is 6. The molecule has 0 saturated carbocycles. The quantitative estimate of drug-likeness (QED) is 0.809. The maximum Gasteiger partial charge on any atom is 0.177 e. The molecule has 0 saturated heterocycles. The first-order chi connectivity index (χ1) is 13.4. The number of anilines is 1. The van der Waals surface area contributed by atoms with E-state index in [-0.39, 0.29) is 5.78 Å². The Balaban J connectivity index is 2.20. The third-order valence-electron chi connectivity index (χ3n) is 5.41. The van der Waals surface area contributed by atoms with Gasteiger partial charge in [0, 0.05) is 23.4 Å². The van der Waals surface area contributed by atoms with Gasteiger partial charge in [-0.25, -0.2) is 0 Å². The predicted octanol–water partition coefficient (Wildman–Crippen LogP) is 2.96. The van der Waals surface area contributed by atoms with Crippen molar-refractivity contribution in [2.45, 2.75) is 45.4 Å². The van der Waals surface area contributed by atoms with Gasteiger partial charge in [-0.3, -0.25) is 9.79 Å². The predicted molar refractivity (Wildman–Crippen MR) is 116 cm³/mol. The van der Waals surface area contributed by atoms with Crippen molar-refractivity contribution in [2.75, 3.05) is 11.4 Å². The zero-order valence-electron chi connectivity index (χ0n) is 16.9. The lowest BCUT2D eigenvalue weighted by molar-refractivity contribution is -0.121. The molecule has 0 aromatic heterocycles. The van der Waals surface area contributed by atoms with Crippen molar-refractivity contribution in [3.8, 4) is 0 Å². The number of nitrogens with two attached hydrogens (primary N) is 2. The monoisotopic (exact) mass is 378 g/mol. The molecule has 3 rings (SSSR count). The van der Waals surface area contributed by atoms with Gasteiger partial charge in [-0.05, 0) is 18.9 Å². The van der Waals surface area contributed by atoms with E-state index in [1.165, 1.54) is 0 Å². The molecule has 0 spiro atoms. The van der Waals surface area contributed by atoms with Crippen LogP contribution in [0.15, 0.2) is 59.6 Å². The van der Waals surface area contributed by atoms with Crippen LogP contribution in [-0.2, 0) is 4.79 Å². The number of Topliss-reactive ketones (excluding diaryl/α,β-unsaturated/α-hetero) is 1. The van der Waals surface area contributed by atoms with Crippen molar-refractivity contribution in [1.29, 1.82) is 0 Å². The van der Waals surface area contributed by atoms with Crippen molar-refractivity contribution >= 4 is 17.2 Å². The van der Waals surface area contributed by atoms with Crippen LogP contribution in [0.3, 0.4) is 0 Å². The average Bonchev–Trinajstić information content (AvgIpc) is 2.83. The summed E-state index contributed by atoms with van der Waals surface area (Å²) in [6.07, 6.45) is 0.471. The summed E-state index contributed by atoms with van der Waals surface area (Å²) in [5, 5.41) is 0. The summed E-state index contributed by atoms with van der Waals surface area (Å²) in [6, 6.07) is 16.7. The molecule has 0 amide bonds. The molecule has 28 heavy (non-hydrogen) atoms. The molecule has 1 aliphatic rings. The number of nitrogens with zero attached hydrogens (tertiary/aromatic N) is 2. The van der Waals surface area contributed by atoms with Crippen LogP contribution in [0.1, 0.15) is 38.3 Å².